The molecular formula is C7H12. The first-order valence-corrected chi connectivity index (χ1v) is 2.56. The van der Waals surface area contributed by atoms with Crippen LogP contribution in [0.25, 0.3) is 0 Å². The fraction of sp³-hybridized carbons (Fsp3) is 0.714. The standard InChI is InChI=1S/C7H12/c1-3-5-7-6-4-2/h3,5,7H2,1-2H3/i7T2. The summed E-state index contributed by atoms with van der Waals surface area (Å²) in [7, 11) is 0. The van der Waals surface area contributed by atoms with Crippen LogP contribution in [0.2, 0.25) is 0 Å². The van der Waals surface area contributed by atoms with E-state index in [0.29, 0.717) is 6.42 Å². The molecule has 0 aromatic heterocycles. The molecule has 0 fully saturated rings. The van der Waals surface area contributed by atoms with Crippen LogP contribution in [0.15, 0.2) is 0 Å². The molecule has 0 aromatic rings. The number of hydrogen-bond donors (Lipinski definition) is 0. The Balaban J connectivity index is 3.80. The van der Waals surface area contributed by atoms with Crippen molar-refractivity contribution in [3.05, 3.63) is 0 Å². The van der Waals surface area contributed by atoms with Crippen molar-refractivity contribution in [3.8, 4) is 11.8 Å². The number of hydrogen-bond acceptors (Lipinski definition) is 0. The van der Waals surface area contributed by atoms with Crippen LogP contribution in [0.3, 0.4) is 0 Å². The maximum absolute atomic E-state index is 7.22. The normalized spacial score (nSPS) is 13.4. The van der Waals surface area contributed by atoms with Gasteiger partial charge in [0.25, 0.3) is 0 Å². The second-order valence-corrected chi connectivity index (χ2v) is 1.30. The van der Waals surface area contributed by atoms with E-state index >= 15 is 0 Å². The maximum Gasteiger partial charge on any atom is 0.0402 e. The quantitative estimate of drug-likeness (QED) is 0.467. The zero-order valence-corrected chi connectivity index (χ0v) is 4.91. The van der Waals surface area contributed by atoms with Crippen LogP contribution >= 0.6 is 0 Å². The van der Waals surface area contributed by atoms with E-state index < -0.39 is 6.37 Å². The molecular weight excluding hydrogens is 84.1 g/mol. The summed E-state index contributed by atoms with van der Waals surface area (Å²) in [5, 5.41) is 0. The Kier molecular flexibility index (Phi) is 2.82. The van der Waals surface area contributed by atoms with Crippen LogP contribution < -0.4 is 0 Å². The Morgan fingerprint density at radius 2 is 2.43 bits per heavy atom. The molecule has 0 aliphatic rings. The summed E-state index contributed by atoms with van der Waals surface area (Å²) in [5.41, 5.74) is 0. The summed E-state index contributed by atoms with van der Waals surface area (Å²) >= 11 is 0. The lowest BCUT2D eigenvalue weighted by Crippen LogP contribution is -1.64. The SMILES string of the molecule is [3H]C([3H])(C#CC)CCC. The van der Waals surface area contributed by atoms with Gasteiger partial charge < -0.3 is 0 Å². The largest absolute Gasteiger partial charge is 0.107 e. The third-order valence-electron chi connectivity index (χ3n) is 0.588. The van der Waals surface area contributed by atoms with Gasteiger partial charge in [0, 0.05) is 9.11 Å². The fourth-order valence-electron chi connectivity index (χ4n) is 0.276. The Hall–Kier alpha value is -0.440. The summed E-state index contributed by atoms with van der Waals surface area (Å²) in [5.74, 6) is 5.07. The minimum atomic E-state index is -1.26. The van der Waals surface area contributed by atoms with Gasteiger partial charge in [-0.2, -0.15) is 0 Å². The highest BCUT2D eigenvalue weighted by atomic mass is 13.8. The minimum Gasteiger partial charge on any atom is -0.107 e. The molecule has 0 heteroatoms. The molecule has 0 N–H and O–H groups in total. The smallest absolute Gasteiger partial charge is 0.0402 e. The minimum absolute atomic E-state index is 0.536. The van der Waals surface area contributed by atoms with Gasteiger partial charge in [0.1, 0.15) is 0 Å². The van der Waals surface area contributed by atoms with Gasteiger partial charge in [0.15, 0.2) is 0 Å². The predicted octanol–water partition coefficient (Wildman–Crippen LogP) is 2.20. The molecule has 0 saturated carbocycles. The van der Waals surface area contributed by atoms with Crippen molar-refractivity contribution in [2.45, 2.75) is 33.1 Å². The summed E-state index contributed by atoms with van der Waals surface area (Å²) < 4.78 is 14.4. The maximum atomic E-state index is 7.22. The molecule has 0 aromatic carbocycles. The van der Waals surface area contributed by atoms with Crippen molar-refractivity contribution in [2.75, 3.05) is 0 Å². The van der Waals surface area contributed by atoms with Gasteiger partial charge in [-0.05, 0) is 13.3 Å². The van der Waals surface area contributed by atoms with Crippen molar-refractivity contribution in [1.82, 2.24) is 0 Å². The van der Waals surface area contributed by atoms with Crippen molar-refractivity contribution >= 4 is 0 Å². The highest BCUT2D eigenvalue weighted by molar-refractivity contribution is 4.94. The van der Waals surface area contributed by atoms with Crippen LogP contribution in [0.5, 0.6) is 0 Å². The van der Waals surface area contributed by atoms with E-state index in [9.17, 15) is 0 Å². The highest BCUT2D eigenvalue weighted by Crippen LogP contribution is 1.89. The Morgan fingerprint density at radius 1 is 1.71 bits per heavy atom. The van der Waals surface area contributed by atoms with Crippen LogP contribution in [0, 0.1) is 11.8 Å². The zero-order valence-electron chi connectivity index (χ0n) is 6.91. The summed E-state index contributed by atoms with van der Waals surface area (Å²) in [4.78, 5) is 0. The molecule has 0 atom stereocenters. The van der Waals surface area contributed by atoms with Gasteiger partial charge in [-0.3, -0.25) is 0 Å². The first-order chi connectivity index (χ1) is 4.12. The van der Waals surface area contributed by atoms with Gasteiger partial charge in [0.05, 0.1) is 0 Å². The summed E-state index contributed by atoms with van der Waals surface area (Å²) in [6.07, 6.45) is 0.124. The molecule has 7 heavy (non-hydrogen) atoms. The molecule has 0 aliphatic heterocycles. The average molecular weight is 100 g/mol. The van der Waals surface area contributed by atoms with E-state index in [1.807, 2.05) is 6.92 Å². The van der Waals surface area contributed by atoms with Gasteiger partial charge in [0.2, 0.25) is 0 Å². The molecule has 0 rings (SSSR count). The van der Waals surface area contributed by atoms with E-state index in [-0.39, 0.29) is 0 Å². The van der Waals surface area contributed by atoms with E-state index in [0.717, 1.165) is 6.42 Å². The van der Waals surface area contributed by atoms with Gasteiger partial charge in [-0.1, -0.05) is 13.3 Å². The highest BCUT2D eigenvalue weighted by Gasteiger charge is 1.72. The lowest BCUT2D eigenvalue weighted by molar-refractivity contribution is 0.828. The third-order valence-corrected chi connectivity index (χ3v) is 0.588. The van der Waals surface area contributed by atoms with E-state index in [1.165, 1.54) is 0 Å². The van der Waals surface area contributed by atoms with Crippen LogP contribution in [-0.4, -0.2) is 0 Å². The van der Waals surface area contributed by atoms with Crippen molar-refractivity contribution in [3.63, 3.8) is 0 Å². The zero-order chi connectivity index (χ0) is 7.33. The molecule has 0 aliphatic carbocycles. The third kappa shape index (κ3) is 5.56. The van der Waals surface area contributed by atoms with E-state index in [1.54, 1.807) is 6.92 Å². The summed E-state index contributed by atoms with van der Waals surface area (Å²) in [6.45, 7) is 3.61. The average Bonchev–Trinajstić information content (AvgIpc) is 1.64. The molecule has 0 amide bonds. The lowest BCUT2D eigenvalue weighted by atomic mass is 10.3. The van der Waals surface area contributed by atoms with Gasteiger partial charge in [-0.25, -0.2) is 0 Å². The molecule has 0 bridgehead atoms. The molecule has 0 saturated heterocycles. The van der Waals surface area contributed by atoms with Gasteiger partial charge in [-0.15, -0.1) is 11.8 Å². The van der Waals surface area contributed by atoms with E-state index in [4.69, 9.17) is 2.74 Å². The second-order valence-electron chi connectivity index (χ2n) is 1.30. The van der Waals surface area contributed by atoms with Crippen molar-refractivity contribution in [1.29, 1.82) is 0 Å². The predicted molar refractivity (Wildman–Crippen MR) is 33.0 cm³/mol. The molecule has 0 radical (unpaired) electrons. The molecule has 0 heterocycles. The van der Waals surface area contributed by atoms with Crippen molar-refractivity contribution in [2.24, 2.45) is 0 Å². The first kappa shape index (κ1) is 3.55. The first-order valence-electron chi connectivity index (χ1n) is 3.56. The molecule has 0 nitrogen and oxygen atoms in total. The summed E-state index contributed by atoms with van der Waals surface area (Å²) in [6, 6.07) is 0. The topological polar surface area (TPSA) is 0 Å². The van der Waals surface area contributed by atoms with E-state index in [2.05, 4.69) is 11.8 Å². The Morgan fingerprint density at radius 3 is 2.86 bits per heavy atom. The number of rotatable bonds is 2. The molecule has 0 spiro atoms. The Labute approximate surface area is 48.7 Å². The van der Waals surface area contributed by atoms with Crippen molar-refractivity contribution < 1.29 is 2.74 Å². The monoisotopic (exact) mass is 100 g/mol. The molecule has 0 unspecified atom stereocenters. The Bertz CT molecular complexity index is 128. The van der Waals surface area contributed by atoms with Crippen LogP contribution in [0.4, 0.5) is 0 Å². The van der Waals surface area contributed by atoms with Crippen LogP contribution in [0.1, 0.15) is 35.8 Å². The van der Waals surface area contributed by atoms with Gasteiger partial charge >= 0.3 is 0 Å². The second kappa shape index (κ2) is 5.56. The molecule has 40 valence electrons. The van der Waals surface area contributed by atoms with Crippen LogP contribution in [-0.2, 0) is 0 Å². The fourth-order valence-corrected chi connectivity index (χ4v) is 0.276. The lowest BCUT2D eigenvalue weighted by Gasteiger charge is -1.80.